The molecule has 4 rings (SSSR count). The second-order valence-corrected chi connectivity index (χ2v) is 11.1. The Hall–Kier alpha value is -4.15. The molecule has 226 valence electrons. The number of esters is 1. The fourth-order valence-electron chi connectivity index (χ4n) is 5.74. The number of phenols is 1. The minimum absolute atomic E-state index is 0.0251. The van der Waals surface area contributed by atoms with E-state index in [0.717, 1.165) is 12.8 Å². The number of carbonyl (C=O) groups excluding carboxylic acids is 3. The number of aromatic hydroxyl groups is 1. The van der Waals surface area contributed by atoms with Crippen LogP contribution in [0.3, 0.4) is 0 Å². The van der Waals surface area contributed by atoms with E-state index in [2.05, 4.69) is 5.32 Å². The zero-order valence-corrected chi connectivity index (χ0v) is 23.8. The normalized spacial score (nSPS) is 18.3. The van der Waals surface area contributed by atoms with Gasteiger partial charge in [-0.1, -0.05) is 12.1 Å². The summed E-state index contributed by atoms with van der Waals surface area (Å²) in [6, 6.07) is 9.74. The molecule has 2 aromatic rings. The number of hydrogen-bond acceptors (Lipinski definition) is 6. The first-order valence-electron chi connectivity index (χ1n) is 14.4. The highest BCUT2D eigenvalue weighted by Crippen LogP contribution is 2.29. The van der Waals surface area contributed by atoms with Crippen molar-refractivity contribution in [3.05, 3.63) is 53.8 Å². The molecular weight excluding hydrogens is 545 g/mol. The first kappa shape index (κ1) is 30.8. The van der Waals surface area contributed by atoms with Crippen molar-refractivity contribution in [2.24, 2.45) is 11.8 Å². The Kier molecular flexibility index (Phi) is 10.4. The van der Waals surface area contributed by atoms with E-state index in [9.17, 15) is 28.7 Å². The van der Waals surface area contributed by atoms with E-state index >= 15 is 0 Å². The molecule has 3 amide bonds. The number of amides is 3. The zero-order chi connectivity index (χ0) is 30.2. The van der Waals surface area contributed by atoms with Gasteiger partial charge in [-0.25, -0.2) is 9.18 Å². The summed E-state index contributed by atoms with van der Waals surface area (Å²) in [5, 5.41) is 21.6. The highest BCUT2D eigenvalue weighted by atomic mass is 19.1. The van der Waals surface area contributed by atoms with Crippen LogP contribution in [0.15, 0.2) is 42.5 Å². The summed E-state index contributed by atoms with van der Waals surface area (Å²) in [6.45, 7) is 1.78. The largest absolute Gasteiger partial charge is 0.508 e. The molecule has 0 spiro atoms. The summed E-state index contributed by atoms with van der Waals surface area (Å²) < 4.78 is 19.5. The molecule has 2 aromatic carbocycles. The van der Waals surface area contributed by atoms with Crippen LogP contribution in [0.5, 0.6) is 5.75 Å². The van der Waals surface area contributed by atoms with E-state index in [1.54, 1.807) is 23.1 Å². The molecule has 1 unspecified atom stereocenters. The summed E-state index contributed by atoms with van der Waals surface area (Å²) in [4.78, 5) is 52.9. The Morgan fingerprint density at radius 1 is 1.00 bits per heavy atom. The number of carbonyl (C=O) groups is 4. The summed E-state index contributed by atoms with van der Waals surface area (Å²) >= 11 is 0. The predicted octanol–water partition coefficient (Wildman–Crippen LogP) is 4.33. The zero-order valence-electron chi connectivity index (χ0n) is 23.8. The van der Waals surface area contributed by atoms with Crippen LogP contribution < -0.4 is 5.32 Å². The number of methoxy groups -OCH3 is 1. The van der Waals surface area contributed by atoms with Gasteiger partial charge in [0.15, 0.2) is 0 Å². The Bertz CT molecular complexity index is 1280. The topological polar surface area (TPSA) is 136 Å². The standard InChI is InChI=1S/C31H38FN3O7/c1-42-29(38)18-27(24-15-23(16-25(32)17-24)21-5-7-26(36)8-6-21)33-30(39)22-3-2-12-35(19-22)28(37)9-4-20-10-13-34(14-11-20)31(40)41/h5-8,15-17,20,22,27,36H,2-4,9-14,18-19H2,1H3,(H,33,39)(H,40,41)/t22-,27?/m1/s1. The first-order valence-corrected chi connectivity index (χ1v) is 14.4. The number of likely N-dealkylation sites (tertiary alicyclic amines) is 2. The summed E-state index contributed by atoms with van der Waals surface area (Å²) in [5.41, 5.74) is 1.58. The maximum atomic E-state index is 14.7. The molecule has 42 heavy (non-hydrogen) atoms. The van der Waals surface area contributed by atoms with Crippen LogP contribution in [-0.2, 0) is 19.1 Å². The maximum absolute atomic E-state index is 14.7. The van der Waals surface area contributed by atoms with Crippen molar-refractivity contribution in [2.75, 3.05) is 33.3 Å². The molecule has 0 saturated carbocycles. The predicted molar refractivity (Wildman–Crippen MR) is 152 cm³/mol. The number of rotatable bonds is 9. The molecule has 2 fully saturated rings. The van der Waals surface area contributed by atoms with Gasteiger partial charge in [-0.2, -0.15) is 0 Å². The van der Waals surface area contributed by atoms with Crippen molar-refractivity contribution >= 4 is 23.9 Å². The van der Waals surface area contributed by atoms with Crippen molar-refractivity contribution < 1.29 is 38.5 Å². The lowest BCUT2D eigenvalue weighted by atomic mass is 9.91. The average Bonchev–Trinajstić information content (AvgIpc) is 2.99. The molecule has 10 nitrogen and oxygen atoms in total. The molecule has 3 N–H and O–H groups in total. The fourth-order valence-corrected chi connectivity index (χ4v) is 5.74. The van der Waals surface area contributed by atoms with Crippen molar-refractivity contribution in [3.8, 4) is 16.9 Å². The van der Waals surface area contributed by atoms with Gasteiger partial charge >= 0.3 is 12.1 Å². The van der Waals surface area contributed by atoms with Gasteiger partial charge in [-0.05, 0) is 85.0 Å². The van der Waals surface area contributed by atoms with Crippen molar-refractivity contribution in [1.29, 1.82) is 0 Å². The van der Waals surface area contributed by atoms with Gasteiger partial charge in [-0.15, -0.1) is 0 Å². The minimum Gasteiger partial charge on any atom is -0.508 e. The molecule has 2 aliphatic rings. The molecule has 2 saturated heterocycles. The highest BCUT2D eigenvalue weighted by molar-refractivity contribution is 5.82. The van der Waals surface area contributed by atoms with E-state index in [4.69, 9.17) is 9.84 Å². The monoisotopic (exact) mass is 583 g/mol. The van der Waals surface area contributed by atoms with Gasteiger partial charge in [0.25, 0.3) is 0 Å². The van der Waals surface area contributed by atoms with Gasteiger partial charge in [0.1, 0.15) is 11.6 Å². The Morgan fingerprint density at radius 2 is 1.71 bits per heavy atom. The fraction of sp³-hybridized carbons (Fsp3) is 0.484. The Morgan fingerprint density at radius 3 is 2.38 bits per heavy atom. The quantitative estimate of drug-likeness (QED) is 0.374. The number of ether oxygens (including phenoxy) is 1. The van der Waals surface area contributed by atoms with Crippen LogP contribution in [0.2, 0.25) is 0 Å². The molecule has 0 aliphatic carbocycles. The van der Waals surface area contributed by atoms with Crippen LogP contribution in [0.4, 0.5) is 9.18 Å². The second-order valence-electron chi connectivity index (χ2n) is 11.1. The first-order chi connectivity index (χ1) is 20.1. The third kappa shape index (κ3) is 8.20. The van der Waals surface area contributed by atoms with E-state index in [-0.39, 0.29) is 30.5 Å². The molecule has 11 heteroatoms. The molecule has 2 aliphatic heterocycles. The number of piperidine rings is 2. The van der Waals surface area contributed by atoms with Gasteiger partial charge < -0.3 is 30.1 Å². The number of carboxylic acid groups (broad SMARTS) is 1. The third-order valence-corrected chi connectivity index (χ3v) is 8.23. The Labute approximate surface area is 244 Å². The average molecular weight is 584 g/mol. The van der Waals surface area contributed by atoms with Crippen LogP contribution >= 0.6 is 0 Å². The number of benzene rings is 2. The lowest BCUT2D eigenvalue weighted by Gasteiger charge is -2.34. The smallest absolute Gasteiger partial charge is 0.407 e. The number of nitrogens with one attached hydrogen (secondary N) is 1. The third-order valence-electron chi connectivity index (χ3n) is 8.23. The van der Waals surface area contributed by atoms with E-state index in [1.165, 1.54) is 36.3 Å². The van der Waals surface area contributed by atoms with Gasteiger partial charge in [0.05, 0.1) is 25.5 Å². The highest BCUT2D eigenvalue weighted by Gasteiger charge is 2.31. The van der Waals surface area contributed by atoms with Gasteiger partial charge in [0, 0.05) is 32.6 Å². The summed E-state index contributed by atoms with van der Waals surface area (Å²) in [7, 11) is 1.24. The molecule has 0 bridgehead atoms. The molecule has 2 atom stereocenters. The van der Waals surface area contributed by atoms with Crippen molar-refractivity contribution in [2.45, 2.75) is 51.0 Å². The number of hydrogen-bond donors (Lipinski definition) is 3. The van der Waals surface area contributed by atoms with Crippen LogP contribution in [0, 0.1) is 17.7 Å². The molecule has 0 aromatic heterocycles. The molecule has 0 radical (unpaired) electrons. The van der Waals surface area contributed by atoms with Crippen LogP contribution in [0.1, 0.15) is 56.6 Å². The molecular formula is C31H38FN3O7. The Balaban J connectivity index is 1.39. The van der Waals surface area contributed by atoms with Gasteiger partial charge in [0.2, 0.25) is 11.8 Å². The number of halogens is 1. The number of nitrogens with zero attached hydrogens (tertiary/aromatic N) is 2. The van der Waals surface area contributed by atoms with Gasteiger partial charge in [-0.3, -0.25) is 14.4 Å². The molecule has 2 heterocycles. The van der Waals surface area contributed by atoms with Crippen molar-refractivity contribution in [3.63, 3.8) is 0 Å². The van der Waals surface area contributed by atoms with Crippen LogP contribution in [0.25, 0.3) is 11.1 Å². The summed E-state index contributed by atoms with van der Waals surface area (Å²) in [6.07, 6.45) is 2.64. The lowest BCUT2D eigenvalue weighted by Crippen LogP contribution is -2.46. The number of phenolic OH excluding ortho intramolecular Hbond substituents is 1. The van der Waals surface area contributed by atoms with E-state index < -0.39 is 29.8 Å². The minimum atomic E-state index is -0.911. The van der Waals surface area contributed by atoms with Crippen LogP contribution in [-0.4, -0.2) is 77.2 Å². The SMILES string of the molecule is COC(=O)CC(NC(=O)[C@@H]1CCCN(C(=O)CCC2CCN(C(=O)O)CC2)C1)c1cc(F)cc(-c2ccc(O)cc2)c1. The van der Waals surface area contributed by atoms with Crippen molar-refractivity contribution in [1.82, 2.24) is 15.1 Å². The second kappa shape index (κ2) is 14.2. The summed E-state index contributed by atoms with van der Waals surface area (Å²) in [5.74, 6) is -1.56. The maximum Gasteiger partial charge on any atom is 0.407 e. The lowest BCUT2D eigenvalue weighted by molar-refractivity contribution is -0.141. The van der Waals surface area contributed by atoms with E-state index in [1.807, 2.05) is 0 Å². The van der Waals surface area contributed by atoms with E-state index in [0.29, 0.717) is 67.9 Å².